The molecule has 0 bridgehead atoms. The average molecular weight is 322 g/mol. The highest BCUT2D eigenvalue weighted by molar-refractivity contribution is 5.68. The average Bonchev–Trinajstić information content (AvgIpc) is 2.35. The van der Waals surface area contributed by atoms with Crippen LogP contribution >= 0.6 is 0 Å². The number of hydrogen-bond acceptors (Lipinski definition) is 3. The molecule has 0 aromatic carbocycles. The molecule has 2 atom stereocenters. The Morgan fingerprint density at radius 3 is 2.18 bits per heavy atom. The fraction of sp³-hybridized carbons (Fsp3) is 0.933. The number of alkyl carbamates (subject to hydrolysis) is 1. The summed E-state index contributed by atoms with van der Waals surface area (Å²) in [5, 5.41) is 2.80. The van der Waals surface area contributed by atoms with Gasteiger partial charge in [-0.2, -0.15) is 13.2 Å². The van der Waals surface area contributed by atoms with E-state index in [1.165, 1.54) is 0 Å². The van der Waals surface area contributed by atoms with Crippen LogP contribution in [0.25, 0.3) is 0 Å². The molecule has 1 amide bonds. The quantitative estimate of drug-likeness (QED) is 0.778. The van der Waals surface area contributed by atoms with E-state index in [9.17, 15) is 18.0 Å². The van der Waals surface area contributed by atoms with Crippen LogP contribution in [0.3, 0.4) is 0 Å². The maximum Gasteiger partial charge on any atom is 0.407 e. The van der Waals surface area contributed by atoms with Crippen molar-refractivity contribution in [1.29, 1.82) is 0 Å². The van der Waals surface area contributed by atoms with E-state index in [0.29, 0.717) is 19.3 Å². The minimum atomic E-state index is -4.14. The van der Waals surface area contributed by atoms with E-state index in [-0.39, 0.29) is 24.9 Å². The third-order valence-electron chi connectivity index (χ3n) is 4.99. The summed E-state index contributed by atoms with van der Waals surface area (Å²) < 4.78 is 43.6. The second kappa shape index (κ2) is 5.58. The number of alkyl halides is 3. The maximum atomic E-state index is 12.8. The third kappa shape index (κ3) is 3.50. The van der Waals surface area contributed by atoms with Crippen LogP contribution < -0.4 is 11.1 Å². The second-order valence-electron chi connectivity index (χ2n) is 7.59. The van der Waals surface area contributed by atoms with Gasteiger partial charge in [0.25, 0.3) is 0 Å². The summed E-state index contributed by atoms with van der Waals surface area (Å²) in [5.41, 5.74) is 5.06. The second-order valence-corrected chi connectivity index (χ2v) is 7.59. The molecule has 2 fully saturated rings. The number of nitrogens with one attached hydrogen (secondary N) is 1. The van der Waals surface area contributed by atoms with Crippen molar-refractivity contribution >= 4 is 6.09 Å². The zero-order chi connectivity index (χ0) is 16.8. The Bertz CT molecular complexity index is 423. The van der Waals surface area contributed by atoms with Gasteiger partial charge in [-0.1, -0.05) is 0 Å². The van der Waals surface area contributed by atoms with E-state index >= 15 is 0 Å². The molecule has 2 saturated carbocycles. The Morgan fingerprint density at radius 1 is 1.23 bits per heavy atom. The van der Waals surface area contributed by atoms with Crippen molar-refractivity contribution in [2.75, 3.05) is 0 Å². The summed E-state index contributed by atoms with van der Waals surface area (Å²) in [5.74, 6) is -1.24. The number of halogens is 3. The molecule has 3 N–H and O–H groups in total. The third-order valence-corrected chi connectivity index (χ3v) is 4.99. The van der Waals surface area contributed by atoms with Crippen LogP contribution in [-0.4, -0.2) is 30.0 Å². The first-order valence-corrected chi connectivity index (χ1v) is 7.76. The van der Waals surface area contributed by atoms with Gasteiger partial charge in [0.2, 0.25) is 0 Å². The number of ether oxygens (including phenoxy) is 1. The summed E-state index contributed by atoms with van der Waals surface area (Å²) in [6.45, 7) is 5.30. The van der Waals surface area contributed by atoms with Gasteiger partial charge in [0.05, 0.1) is 5.92 Å². The largest absolute Gasteiger partial charge is 0.444 e. The Balaban J connectivity index is 1.95. The number of carbonyl (C=O) groups excluding carboxylic acids is 1. The van der Waals surface area contributed by atoms with E-state index in [1.807, 2.05) is 0 Å². The molecule has 0 aromatic heterocycles. The molecule has 0 aliphatic heterocycles. The molecular formula is C15H25F3N2O2. The summed E-state index contributed by atoms with van der Waals surface area (Å²) in [7, 11) is 0. The summed E-state index contributed by atoms with van der Waals surface area (Å²) >= 11 is 0. The van der Waals surface area contributed by atoms with E-state index in [4.69, 9.17) is 10.5 Å². The molecule has 0 aromatic rings. The van der Waals surface area contributed by atoms with Crippen LogP contribution in [0.2, 0.25) is 0 Å². The first-order chi connectivity index (χ1) is 9.94. The fourth-order valence-electron chi connectivity index (χ4n) is 3.68. The van der Waals surface area contributed by atoms with E-state index < -0.39 is 29.2 Å². The molecule has 4 nitrogen and oxygen atoms in total. The van der Waals surface area contributed by atoms with E-state index in [1.54, 1.807) is 20.8 Å². The Morgan fingerprint density at radius 2 is 1.77 bits per heavy atom. The zero-order valence-corrected chi connectivity index (χ0v) is 13.3. The van der Waals surface area contributed by atoms with Gasteiger partial charge in [-0.15, -0.1) is 0 Å². The van der Waals surface area contributed by atoms with Crippen molar-refractivity contribution < 1.29 is 22.7 Å². The maximum absolute atomic E-state index is 12.8. The zero-order valence-electron chi connectivity index (χ0n) is 13.3. The van der Waals surface area contributed by atoms with Crippen LogP contribution in [-0.2, 0) is 4.74 Å². The van der Waals surface area contributed by atoms with Crippen molar-refractivity contribution in [1.82, 2.24) is 5.32 Å². The minimum Gasteiger partial charge on any atom is -0.444 e. The Kier molecular flexibility index (Phi) is 4.41. The van der Waals surface area contributed by atoms with Crippen molar-refractivity contribution in [2.24, 2.45) is 17.1 Å². The lowest BCUT2D eigenvalue weighted by Gasteiger charge is -2.57. The number of amides is 1. The molecule has 2 aliphatic rings. The van der Waals surface area contributed by atoms with Crippen molar-refractivity contribution in [2.45, 2.75) is 76.7 Å². The first kappa shape index (κ1) is 17.4. The highest BCUT2D eigenvalue weighted by atomic mass is 19.4. The van der Waals surface area contributed by atoms with Gasteiger partial charge in [-0.3, -0.25) is 0 Å². The number of nitrogens with two attached hydrogens (primary N) is 1. The number of hydrogen-bond donors (Lipinski definition) is 2. The van der Waals surface area contributed by atoms with E-state index in [0.717, 1.165) is 0 Å². The first-order valence-electron chi connectivity index (χ1n) is 7.76. The smallest absolute Gasteiger partial charge is 0.407 e. The van der Waals surface area contributed by atoms with Gasteiger partial charge < -0.3 is 15.8 Å². The molecule has 22 heavy (non-hydrogen) atoms. The highest BCUT2D eigenvalue weighted by Gasteiger charge is 2.57. The molecule has 1 spiro atoms. The Labute approximate surface area is 128 Å². The molecule has 128 valence electrons. The highest BCUT2D eigenvalue weighted by Crippen LogP contribution is 2.54. The molecule has 0 heterocycles. The minimum absolute atomic E-state index is 0.0870. The number of rotatable bonds is 1. The lowest BCUT2D eigenvalue weighted by atomic mass is 9.53. The standard InChI is InChI=1S/C15H25F3N2O2/c1-13(2,3)22-12(21)20-11-8-10(19)14(11)6-4-9(5-7-14)15(16,17)18/h9-11H,4-8,19H2,1-3H3,(H,20,21). The fourth-order valence-corrected chi connectivity index (χ4v) is 3.68. The lowest BCUT2D eigenvalue weighted by Crippen LogP contribution is -2.68. The molecule has 2 rings (SSSR count). The summed E-state index contributed by atoms with van der Waals surface area (Å²) in [4.78, 5) is 11.9. The topological polar surface area (TPSA) is 64.3 Å². The van der Waals surface area contributed by atoms with Gasteiger partial charge in [0.15, 0.2) is 0 Å². The van der Waals surface area contributed by atoms with Crippen LogP contribution in [0.15, 0.2) is 0 Å². The van der Waals surface area contributed by atoms with Crippen LogP contribution in [0.1, 0.15) is 52.9 Å². The molecule has 7 heteroatoms. The molecule has 0 saturated heterocycles. The van der Waals surface area contributed by atoms with Crippen LogP contribution in [0, 0.1) is 11.3 Å². The monoisotopic (exact) mass is 322 g/mol. The molecule has 2 aliphatic carbocycles. The van der Waals surface area contributed by atoms with Gasteiger partial charge in [0, 0.05) is 17.5 Å². The van der Waals surface area contributed by atoms with Crippen molar-refractivity contribution in [3.63, 3.8) is 0 Å². The summed E-state index contributed by atoms with van der Waals surface area (Å²) in [6, 6.07) is -0.340. The van der Waals surface area contributed by atoms with Crippen LogP contribution in [0.4, 0.5) is 18.0 Å². The summed E-state index contributed by atoms with van der Waals surface area (Å²) in [6.07, 6.45) is -3.09. The van der Waals surface area contributed by atoms with Gasteiger partial charge in [-0.25, -0.2) is 4.79 Å². The van der Waals surface area contributed by atoms with Crippen LogP contribution in [0.5, 0.6) is 0 Å². The Hall–Kier alpha value is -0.980. The van der Waals surface area contributed by atoms with Crippen molar-refractivity contribution in [3.05, 3.63) is 0 Å². The molecule has 0 radical (unpaired) electrons. The predicted octanol–water partition coefficient (Wildman–Crippen LogP) is 3.35. The molecule has 2 unspecified atom stereocenters. The van der Waals surface area contributed by atoms with Crippen molar-refractivity contribution in [3.8, 4) is 0 Å². The van der Waals surface area contributed by atoms with Gasteiger partial charge >= 0.3 is 12.3 Å². The number of carbonyl (C=O) groups is 1. The lowest BCUT2D eigenvalue weighted by molar-refractivity contribution is -0.193. The van der Waals surface area contributed by atoms with Gasteiger partial charge in [0.1, 0.15) is 5.60 Å². The van der Waals surface area contributed by atoms with Gasteiger partial charge in [-0.05, 0) is 52.9 Å². The SMILES string of the molecule is CC(C)(C)OC(=O)NC1CC(N)C12CCC(C(F)(F)F)CC2. The normalized spacial score (nSPS) is 35.9. The van der Waals surface area contributed by atoms with E-state index in [2.05, 4.69) is 5.32 Å². The molecular weight excluding hydrogens is 297 g/mol. The predicted molar refractivity (Wildman–Crippen MR) is 76.2 cm³/mol.